The second-order valence-corrected chi connectivity index (χ2v) is 6.53. The van der Waals surface area contributed by atoms with E-state index in [0.29, 0.717) is 22.5 Å². The third-order valence-electron chi connectivity index (χ3n) is 4.48. The Morgan fingerprint density at radius 3 is 2.39 bits per heavy atom. The third kappa shape index (κ3) is 5.44. The van der Waals surface area contributed by atoms with Gasteiger partial charge in [-0.1, -0.05) is 12.1 Å². The van der Waals surface area contributed by atoms with Crippen LogP contribution in [0.25, 0.3) is 5.69 Å². The minimum absolute atomic E-state index is 0.0562. The van der Waals surface area contributed by atoms with Crippen molar-refractivity contribution in [3.05, 3.63) is 77.1 Å². The number of nitrogens with zero attached hydrogens (tertiary/aromatic N) is 2. The van der Waals surface area contributed by atoms with Crippen molar-refractivity contribution in [3.63, 3.8) is 0 Å². The average molecular weight is 429 g/mol. The monoisotopic (exact) mass is 429 g/mol. The molecular formula is C22H21F2N3O4. The summed E-state index contributed by atoms with van der Waals surface area (Å²) in [7, 11) is 0. The number of halogens is 2. The lowest BCUT2D eigenvalue weighted by molar-refractivity contribution is -0.0498. The number of nitrogens with one attached hydrogen (secondary N) is 1. The number of alkyl halides is 2. The number of carbonyl (C=O) groups is 2. The lowest BCUT2D eigenvalue weighted by atomic mass is 10.1. The Balaban J connectivity index is 1.62. The quantitative estimate of drug-likeness (QED) is 0.550. The summed E-state index contributed by atoms with van der Waals surface area (Å²) < 4.78 is 35.3. The summed E-state index contributed by atoms with van der Waals surface area (Å²) in [4.78, 5) is 24.3. The van der Waals surface area contributed by atoms with Gasteiger partial charge in [0.15, 0.2) is 0 Å². The largest absolute Gasteiger partial charge is 0.462 e. The van der Waals surface area contributed by atoms with Crippen LogP contribution >= 0.6 is 0 Å². The molecule has 1 N–H and O–H groups in total. The highest BCUT2D eigenvalue weighted by atomic mass is 19.3. The van der Waals surface area contributed by atoms with Crippen LogP contribution in [-0.2, 0) is 11.3 Å². The Kier molecular flexibility index (Phi) is 6.96. The molecule has 0 aliphatic carbocycles. The number of carbonyl (C=O) groups excluding carboxylic acids is 2. The Hall–Kier alpha value is -3.75. The van der Waals surface area contributed by atoms with E-state index in [1.54, 1.807) is 54.9 Å². The number of ether oxygens (including phenoxy) is 2. The summed E-state index contributed by atoms with van der Waals surface area (Å²) in [5, 5.41) is 6.99. The van der Waals surface area contributed by atoms with E-state index in [-0.39, 0.29) is 24.8 Å². The van der Waals surface area contributed by atoms with E-state index in [1.165, 1.54) is 18.3 Å². The molecule has 0 spiro atoms. The molecule has 0 atom stereocenters. The summed E-state index contributed by atoms with van der Waals surface area (Å²) in [6, 6.07) is 12.8. The molecule has 9 heteroatoms. The SMILES string of the molecule is CCOC(=O)c1cnn(-c2ccc(C(=O)NCc3ccc(OC(F)F)cc3)cc2)c1C. The molecule has 0 unspecified atom stereocenters. The fraction of sp³-hybridized carbons (Fsp3) is 0.227. The lowest BCUT2D eigenvalue weighted by Crippen LogP contribution is -2.22. The molecule has 162 valence electrons. The van der Waals surface area contributed by atoms with Gasteiger partial charge in [-0.25, -0.2) is 9.48 Å². The van der Waals surface area contributed by atoms with Gasteiger partial charge >= 0.3 is 12.6 Å². The Labute approximate surface area is 177 Å². The van der Waals surface area contributed by atoms with Crippen molar-refractivity contribution in [2.24, 2.45) is 0 Å². The minimum atomic E-state index is -2.88. The van der Waals surface area contributed by atoms with Gasteiger partial charge in [0.2, 0.25) is 0 Å². The lowest BCUT2D eigenvalue weighted by Gasteiger charge is -2.09. The molecule has 0 fully saturated rings. The zero-order chi connectivity index (χ0) is 22.4. The second-order valence-electron chi connectivity index (χ2n) is 6.53. The standard InChI is InChI=1S/C22H21F2N3O4/c1-3-30-21(29)19-13-26-27(14(19)2)17-8-6-16(7-9-17)20(28)25-12-15-4-10-18(11-5-15)31-22(23)24/h4-11,13,22H,3,12H2,1-2H3,(H,25,28). The van der Waals surface area contributed by atoms with Crippen LogP contribution < -0.4 is 10.1 Å². The van der Waals surface area contributed by atoms with Crippen LogP contribution in [0.15, 0.2) is 54.7 Å². The maximum Gasteiger partial charge on any atom is 0.387 e. The van der Waals surface area contributed by atoms with Crippen LogP contribution in [0, 0.1) is 6.92 Å². The van der Waals surface area contributed by atoms with Crippen molar-refractivity contribution in [2.75, 3.05) is 6.61 Å². The first kappa shape index (κ1) is 21.9. The first-order valence-electron chi connectivity index (χ1n) is 9.53. The number of hydrogen-bond donors (Lipinski definition) is 1. The van der Waals surface area contributed by atoms with E-state index in [0.717, 1.165) is 5.56 Å². The topological polar surface area (TPSA) is 82.5 Å². The van der Waals surface area contributed by atoms with E-state index < -0.39 is 12.6 Å². The molecule has 0 saturated carbocycles. The number of esters is 1. The minimum Gasteiger partial charge on any atom is -0.462 e. The predicted molar refractivity (Wildman–Crippen MR) is 109 cm³/mol. The zero-order valence-electron chi connectivity index (χ0n) is 17.0. The second kappa shape index (κ2) is 9.84. The molecule has 1 aromatic heterocycles. The number of benzene rings is 2. The van der Waals surface area contributed by atoms with Gasteiger partial charge in [0.05, 0.1) is 24.2 Å². The molecule has 0 radical (unpaired) electrons. The highest BCUT2D eigenvalue weighted by molar-refractivity contribution is 5.94. The molecule has 1 amide bonds. The van der Waals surface area contributed by atoms with Crippen molar-refractivity contribution < 1.29 is 27.8 Å². The third-order valence-corrected chi connectivity index (χ3v) is 4.48. The van der Waals surface area contributed by atoms with Gasteiger partial charge in [0.1, 0.15) is 11.3 Å². The first-order chi connectivity index (χ1) is 14.9. The van der Waals surface area contributed by atoms with Gasteiger partial charge < -0.3 is 14.8 Å². The molecule has 7 nitrogen and oxygen atoms in total. The highest BCUT2D eigenvalue weighted by Crippen LogP contribution is 2.17. The summed E-state index contributed by atoms with van der Waals surface area (Å²) in [6.45, 7) is 1.13. The average Bonchev–Trinajstić information content (AvgIpc) is 3.14. The number of rotatable bonds is 8. The number of aromatic nitrogens is 2. The van der Waals surface area contributed by atoms with Crippen molar-refractivity contribution in [1.82, 2.24) is 15.1 Å². The van der Waals surface area contributed by atoms with Gasteiger partial charge in [0, 0.05) is 12.1 Å². The maximum absolute atomic E-state index is 12.4. The van der Waals surface area contributed by atoms with E-state index in [2.05, 4.69) is 15.2 Å². The van der Waals surface area contributed by atoms with Crippen LogP contribution in [0.3, 0.4) is 0 Å². The van der Waals surface area contributed by atoms with Crippen molar-refractivity contribution in [2.45, 2.75) is 27.0 Å². The molecule has 31 heavy (non-hydrogen) atoms. The summed E-state index contributed by atoms with van der Waals surface area (Å²) >= 11 is 0. The van der Waals surface area contributed by atoms with Gasteiger partial charge in [-0.3, -0.25) is 4.79 Å². The smallest absolute Gasteiger partial charge is 0.387 e. The fourth-order valence-electron chi connectivity index (χ4n) is 2.91. The first-order valence-corrected chi connectivity index (χ1v) is 9.53. The van der Waals surface area contributed by atoms with E-state index in [4.69, 9.17) is 4.74 Å². The van der Waals surface area contributed by atoms with Crippen LogP contribution in [-0.4, -0.2) is 34.9 Å². The van der Waals surface area contributed by atoms with E-state index in [1.807, 2.05) is 0 Å². The summed E-state index contributed by atoms with van der Waals surface area (Å²) in [6.07, 6.45) is 1.45. The predicted octanol–water partition coefficient (Wildman–Crippen LogP) is 3.89. The summed E-state index contributed by atoms with van der Waals surface area (Å²) in [5.74, 6) is -0.666. The molecule has 0 aliphatic heterocycles. The van der Waals surface area contributed by atoms with Gasteiger partial charge in [-0.05, 0) is 55.8 Å². The molecule has 0 bridgehead atoms. The molecule has 3 aromatic rings. The summed E-state index contributed by atoms with van der Waals surface area (Å²) in [5.41, 5.74) is 2.89. The van der Waals surface area contributed by atoms with Crippen molar-refractivity contribution in [3.8, 4) is 11.4 Å². The van der Waals surface area contributed by atoms with Gasteiger partial charge in [-0.2, -0.15) is 13.9 Å². The van der Waals surface area contributed by atoms with Crippen LogP contribution in [0.1, 0.15) is 38.9 Å². The Morgan fingerprint density at radius 2 is 1.77 bits per heavy atom. The Bertz CT molecular complexity index is 1050. The van der Waals surface area contributed by atoms with Crippen LogP contribution in [0.4, 0.5) is 8.78 Å². The molecule has 0 aliphatic rings. The highest BCUT2D eigenvalue weighted by Gasteiger charge is 2.16. The molecule has 0 saturated heterocycles. The van der Waals surface area contributed by atoms with Gasteiger partial charge in [0.25, 0.3) is 5.91 Å². The zero-order valence-corrected chi connectivity index (χ0v) is 17.0. The maximum atomic E-state index is 12.4. The van der Waals surface area contributed by atoms with Crippen LogP contribution in [0.2, 0.25) is 0 Å². The molecule has 3 rings (SSSR count). The van der Waals surface area contributed by atoms with Gasteiger partial charge in [-0.15, -0.1) is 0 Å². The van der Waals surface area contributed by atoms with Crippen molar-refractivity contribution in [1.29, 1.82) is 0 Å². The van der Waals surface area contributed by atoms with Crippen LogP contribution in [0.5, 0.6) is 5.75 Å². The fourth-order valence-corrected chi connectivity index (χ4v) is 2.91. The van der Waals surface area contributed by atoms with E-state index in [9.17, 15) is 18.4 Å². The molecule has 1 heterocycles. The number of hydrogen-bond acceptors (Lipinski definition) is 5. The molecular weight excluding hydrogens is 408 g/mol. The number of amides is 1. The van der Waals surface area contributed by atoms with E-state index >= 15 is 0 Å². The molecule has 2 aromatic carbocycles. The normalized spacial score (nSPS) is 10.7. The Morgan fingerprint density at radius 1 is 1.10 bits per heavy atom. The van der Waals surface area contributed by atoms with Crippen molar-refractivity contribution >= 4 is 11.9 Å².